The van der Waals surface area contributed by atoms with Gasteiger partial charge in [0.2, 0.25) is 5.78 Å². The Hall–Kier alpha value is -1.75. The molecule has 3 aromatic rings. The van der Waals surface area contributed by atoms with E-state index in [1.165, 1.54) is 0 Å². The summed E-state index contributed by atoms with van der Waals surface area (Å²) in [5.41, 5.74) is 2.06. The molecule has 2 heterocycles. The fourth-order valence-corrected chi connectivity index (χ4v) is 2.36. The van der Waals surface area contributed by atoms with Gasteiger partial charge in [0, 0.05) is 5.75 Å². The Morgan fingerprint density at radius 1 is 1.44 bits per heavy atom. The predicted octanol–water partition coefficient (Wildman–Crippen LogP) is 2.49. The van der Waals surface area contributed by atoms with E-state index in [-0.39, 0.29) is 0 Å². The van der Waals surface area contributed by atoms with Crippen molar-refractivity contribution in [3.63, 3.8) is 0 Å². The zero-order valence-electron chi connectivity index (χ0n) is 8.55. The Kier molecular flexibility index (Phi) is 2.18. The van der Waals surface area contributed by atoms with Crippen molar-refractivity contribution in [3.8, 4) is 0 Å². The number of hydrogen-bond acceptors (Lipinski definition) is 3. The normalized spacial score (nSPS) is 11.2. The number of hydrogen-bond donors (Lipinski definition) is 1. The third-order valence-corrected chi connectivity index (χ3v) is 3.27. The average molecular weight is 230 g/mol. The van der Waals surface area contributed by atoms with Crippen molar-refractivity contribution in [3.05, 3.63) is 36.9 Å². The summed E-state index contributed by atoms with van der Waals surface area (Å²) in [5.74, 6) is 1.62. The first-order chi connectivity index (χ1) is 7.90. The number of H-pyrrole nitrogens is 1. The van der Waals surface area contributed by atoms with Crippen molar-refractivity contribution < 1.29 is 0 Å². The van der Waals surface area contributed by atoms with Crippen LogP contribution in [0.5, 0.6) is 0 Å². The van der Waals surface area contributed by atoms with Crippen molar-refractivity contribution in [1.29, 1.82) is 0 Å². The molecule has 0 atom stereocenters. The van der Waals surface area contributed by atoms with Crippen LogP contribution in [0, 0.1) is 0 Å². The highest BCUT2D eigenvalue weighted by Crippen LogP contribution is 2.22. The zero-order valence-corrected chi connectivity index (χ0v) is 9.37. The summed E-state index contributed by atoms with van der Waals surface area (Å²) in [6.07, 6.45) is 1.87. The number of nitrogens with one attached hydrogen (secondary N) is 1. The van der Waals surface area contributed by atoms with Gasteiger partial charge in [-0.2, -0.15) is 0 Å². The number of fused-ring (bicyclic) bond motifs is 3. The third-order valence-electron chi connectivity index (χ3n) is 2.33. The number of nitrogens with zero attached hydrogens (tertiary/aromatic N) is 3. The second kappa shape index (κ2) is 3.68. The number of rotatable bonds is 3. The van der Waals surface area contributed by atoms with E-state index in [9.17, 15) is 0 Å². The van der Waals surface area contributed by atoms with Crippen molar-refractivity contribution in [2.24, 2.45) is 0 Å². The van der Waals surface area contributed by atoms with Crippen LogP contribution in [0.4, 0.5) is 0 Å². The maximum Gasteiger partial charge on any atom is 0.231 e. The van der Waals surface area contributed by atoms with Gasteiger partial charge in [-0.1, -0.05) is 30.0 Å². The molecular formula is C11H10N4S. The molecule has 0 saturated heterocycles. The monoisotopic (exact) mass is 230 g/mol. The molecular weight excluding hydrogens is 220 g/mol. The Bertz CT molecular complexity index is 652. The highest BCUT2D eigenvalue weighted by molar-refractivity contribution is 7.99. The Morgan fingerprint density at radius 3 is 3.19 bits per heavy atom. The van der Waals surface area contributed by atoms with Gasteiger partial charge in [0.05, 0.1) is 11.0 Å². The summed E-state index contributed by atoms with van der Waals surface area (Å²) in [7, 11) is 0. The lowest BCUT2D eigenvalue weighted by Gasteiger charge is -1.94. The number of thioether (sulfide) groups is 1. The molecule has 0 spiro atoms. The van der Waals surface area contributed by atoms with Crippen LogP contribution in [0.15, 0.2) is 42.1 Å². The molecule has 1 aromatic carbocycles. The SMILES string of the molecule is C=CCSc1n[nH]c2nc3ccccc3n12. The smallest absolute Gasteiger partial charge is 0.231 e. The Balaban J connectivity index is 2.25. The summed E-state index contributed by atoms with van der Waals surface area (Å²) in [6.45, 7) is 3.71. The molecule has 0 fully saturated rings. The third kappa shape index (κ3) is 1.32. The van der Waals surface area contributed by atoms with E-state index in [0.29, 0.717) is 0 Å². The summed E-state index contributed by atoms with van der Waals surface area (Å²) in [5, 5.41) is 8.09. The molecule has 1 N–H and O–H groups in total. The second-order valence-electron chi connectivity index (χ2n) is 3.37. The van der Waals surface area contributed by atoms with E-state index >= 15 is 0 Å². The molecule has 0 amide bonds. The van der Waals surface area contributed by atoms with Gasteiger partial charge in [-0.05, 0) is 12.1 Å². The quantitative estimate of drug-likeness (QED) is 0.555. The highest BCUT2D eigenvalue weighted by Gasteiger charge is 2.10. The summed E-state index contributed by atoms with van der Waals surface area (Å²) < 4.78 is 2.03. The summed E-state index contributed by atoms with van der Waals surface area (Å²) in [6, 6.07) is 8.03. The molecule has 0 bridgehead atoms. The van der Waals surface area contributed by atoms with Gasteiger partial charge in [0.1, 0.15) is 0 Å². The van der Waals surface area contributed by atoms with E-state index in [4.69, 9.17) is 0 Å². The lowest BCUT2D eigenvalue weighted by atomic mass is 10.3. The molecule has 16 heavy (non-hydrogen) atoms. The van der Waals surface area contributed by atoms with E-state index < -0.39 is 0 Å². The molecule has 0 radical (unpaired) electrons. The molecule has 2 aromatic heterocycles. The molecule has 3 rings (SSSR count). The predicted molar refractivity (Wildman–Crippen MR) is 65.8 cm³/mol. The first kappa shape index (κ1) is 9.47. The summed E-state index contributed by atoms with van der Waals surface area (Å²) >= 11 is 1.64. The second-order valence-corrected chi connectivity index (χ2v) is 4.35. The van der Waals surface area contributed by atoms with Crippen LogP contribution < -0.4 is 0 Å². The topological polar surface area (TPSA) is 46.0 Å². The highest BCUT2D eigenvalue weighted by atomic mass is 32.2. The average Bonchev–Trinajstić information content (AvgIpc) is 2.85. The van der Waals surface area contributed by atoms with E-state index in [1.54, 1.807) is 11.8 Å². The maximum absolute atomic E-state index is 4.45. The number of benzene rings is 1. The van der Waals surface area contributed by atoms with Crippen molar-refractivity contribution in [2.75, 3.05) is 5.75 Å². The van der Waals surface area contributed by atoms with Crippen molar-refractivity contribution in [2.45, 2.75) is 5.16 Å². The molecule has 80 valence electrons. The van der Waals surface area contributed by atoms with Gasteiger partial charge in [0.15, 0.2) is 5.16 Å². The maximum atomic E-state index is 4.45. The summed E-state index contributed by atoms with van der Waals surface area (Å²) in [4.78, 5) is 4.45. The standard InChI is InChI=1S/C11H10N4S/c1-2-7-16-11-14-13-10-12-8-5-3-4-6-9(8)15(10)11/h2-6H,1,7H2,(H,12,13). The fraction of sp³-hybridized carbons (Fsp3) is 0.0909. The van der Waals surface area contributed by atoms with E-state index in [0.717, 1.165) is 27.7 Å². The molecule has 0 unspecified atom stereocenters. The molecule has 4 nitrogen and oxygen atoms in total. The zero-order chi connectivity index (χ0) is 11.0. The van der Waals surface area contributed by atoms with Gasteiger partial charge in [0.25, 0.3) is 0 Å². The van der Waals surface area contributed by atoms with Crippen molar-refractivity contribution >= 4 is 28.6 Å². The molecule has 0 aliphatic rings. The molecule has 0 saturated carbocycles. The first-order valence-electron chi connectivity index (χ1n) is 4.95. The molecule has 0 aliphatic heterocycles. The van der Waals surface area contributed by atoms with Gasteiger partial charge in [-0.3, -0.25) is 4.40 Å². The van der Waals surface area contributed by atoms with Crippen LogP contribution in [0.2, 0.25) is 0 Å². The fourth-order valence-electron chi connectivity index (χ4n) is 1.67. The lowest BCUT2D eigenvalue weighted by molar-refractivity contribution is 0.942. The number of aromatic amines is 1. The van der Waals surface area contributed by atoms with Crippen molar-refractivity contribution in [1.82, 2.24) is 19.6 Å². The van der Waals surface area contributed by atoms with Crippen LogP contribution in [-0.2, 0) is 0 Å². The van der Waals surface area contributed by atoms with Crippen LogP contribution in [-0.4, -0.2) is 25.3 Å². The molecule has 0 aliphatic carbocycles. The number of para-hydroxylation sites is 2. The lowest BCUT2D eigenvalue weighted by Crippen LogP contribution is -1.85. The van der Waals surface area contributed by atoms with Gasteiger partial charge in [-0.25, -0.2) is 10.1 Å². The van der Waals surface area contributed by atoms with Gasteiger partial charge in [-0.15, -0.1) is 11.7 Å². The minimum Gasteiger partial charge on any atom is -0.254 e. The first-order valence-corrected chi connectivity index (χ1v) is 5.94. The van der Waals surface area contributed by atoms with Crippen LogP contribution >= 0.6 is 11.8 Å². The molecule has 5 heteroatoms. The van der Waals surface area contributed by atoms with Crippen LogP contribution in [0.3, 0.4) is 0 Å². The number of imidazole rings is 1. The Labute approximate surface area is 96.4 Å². The minimum absolute atomic E-state index is 0.785. The van der Waals surface area contributed by atoms with E-state index in [2.05, 4.69) is 21.8 Å². The van der Waals surface area contributed by atoms with Crippen LogP contribution in [0.25, 0.3) is 16.8 Å². The Morgan fingerprint density at radius 2 is 2.31 bits per heavy atom. The minimum atomic E-state index is 0.785. The largest absolute Gasteiger partial charge is 0.254 e. The van der Waals surface area contributed by atoms with E-state index in [1.807, 2.05) is 34.7 Å². The van der Waals surface area contributed by atoms with Crippen LogP contribution in [0.1, 0.15) is 0 Å². The van der Waals surface area contributed by atoms with Gasteiger partial charge < -0.3 is 0 Å². The number of aromatic nitrogens is 4. The van der Waals surface area contributed by atoms with Gasteiger partial charge >= 0.3 is 0 Å².